The van der Waals surface area contributed by atoms with Crippen LogP contribution in [0.2, 0.25) is 0 Å². The van der Waals surface area contributed by atoms with E-state index in [1.54, 1.807) is 0 Å². The molecule has 0 unspecified atom stereocenters. The Morgan fingerprint density at radius 3 is 2.45 bits per heavy atom. The van der Waals surface area contributed by atoms with E-state index in [0.29, 0.717) is 5.75 Å². The lowest BCUT2D eigenvalue weighted by atomic mass is 9.87. The largest absolute Gasteiger partial charge is 0.482 e. The molecule has 0 radical (unpaired) electrons. The first-order valence-electron chi connectivity index (χ1n) is 7.72. The van der Waals surface area contributed by atoms with E-state index in [-0.39, 0.29) is 11.6 Å². The predicted octanol–water partition coefficient (Wildman–Crippen LogP) is 3.49. The zero-order valence-electron chi connectivity index (χ0n) is 13.6. The van der Waals surface area contributed by atoms with Crippen molar-refractivity contribution in [3.8, 4) is 11.5 Å². The maximum absolute atomic E-state index is 11.4. The Bertz CT molecular complexity index is 652. The minimum atomic E-state index is -0.299. The molecular weight excluding hydrogens is 280 g/mol. The summed E-state index contributed by atoms with van der Waals surface area (Å²) in [6.45, 7) is 8.84. The van der Waals surface area contributed by atoms with Crippen LogP contribution >= 0.6 is 0 Å². The van der Waals surface area contributed by atoms with Gasteiger partial charge in [-0.2, -0.15) is 0 Å². The van der Waals surface area contributed by atoms with Crippen LogP contribution in [-0.2, 0) is 9.53 Å². The number of hydrogen-bond donors (Lipinski definition) is 0. The maximum atomic E-state index is 11.4. The first-order valence-corrected chi connectivity index (χ1v) is 7.72. The topological polar surface area (TPSA) is 44.8 Å². The summed E-state index contributed by atoms with van der Waals surface area (Å²) < 4.78 is 17.3. The SMILES string of the molecule is CC(=O)Oc1c(C)c(C)c2c(c1C)C=CC1(CCOCC1)O2. The number of ether oxygens (including phenoxy) is 3. The minimum absolute atomic E-state index is 0.252. The fraction of sp³-hybridized carbons (Fsp3) is 0.500. The lowest BCUT2D eigenvalue weighted by Crippen LogP contribution is -2.41. The first kappa shape index (κ1) is 15.1. The van der Waals surface area contributed by atoms with Gasteiger partial charge < -0.3 is 14.2 Å². The molecule has 22 heavy (non-hydrogen) atoms. The van der Waals surface area contributed by atoms with Gasteiger partial charge in [0.2, 0.25) is 0 Å². The second-order valence-electron chi connectivity index (χ2n) is 6.15. The molecule has 0 aromatic heterocycles. The summed E-state index contributed by atoms with van der Waals surface area (Å²) in [5.41, 5.74) is 3.71. The van der Waals surface area contributed by atoms with E-state index in [1.165, 1.54) is 6.92 Å². The highest BCUT2D eigenvalue weighted by Crippen LogP contribution is 2.44. The average Bonchev–Trinajstić information content (AvgIpc) is 2.50. The Balaban J connectivity index is 2.08. The van der Waals surface area contributed by atoms with Gasteiger partial charge in [-0.05, 0) is 38.0 Å². The Kier molecular flexibility index (Phi) is 3.73. The van der Waals surface area contributed by atoms with E-state index in [1.807, 2.05) is 20.8 Å². The van der Waals surface area contributed by atoms with Crippen molar-refractivity contribution in [3.05, 3.63) is 28.3 Å². The van der Waals surface area contributed by atoms with Crippen LogP contribution in [-0.4, -0.2) is 24.8 Å². The number of rotatable bonds is 1. The molecule has 2 heterocycles. The minimum Gasteiger partial charge on any atom is -0.482 e. The molecule has 2 aliphatic heterocycles. The molecule has 118 valence electrons. The van der Waals surface area contributed by atoms with Gasteiger partial charge in [-0.1, -0.05) is 6.08 Å². The van der Waals surface area contributed by atoms with E-state index < -0.39 is 0 Å². The zero-order chi connectivity index (χ0) is 15.9. The Morgan fingerprint density at radius 2 is 1.82 bits per heavy atom. The molecule has 0 N–H and O–H groups in total. The van der Waals surface area contributed by atoms with Gasteiger partial charge >= 0.3 is 5.97 Å². The zero-order valence-corrected chi connectivity index (χ0v) is 13.6. The normalized spacial score (nSPS) is 18.7. The summed E-state index contributed by atoms with van der Waals surface area (Å²) in [4.78, 5) is 11.4. The highest BCUT2D eigenvalue weighted by atomic mass is 16.5. The van der Waals surface area contributed by atoms with Crippen molar-refractivity contribution in [2.24, 2.45) is 0 Å². The van der Waals surface area contributed by atoms with Crippen LogP contribution in [0.5, 0.6) is 11.5 Å². The van der Waals surface area contributed by atoms with E-state index in [0.717, 1.165) is 54.1 Å². The van der Waals surface area contributed by atoms with Crippen LogP contribution < -0.4 is 9.47 Å². The summed E-state index contributed by atoms with van der Waals surface area (Å²) in [6, 6.07) is 0. The lowest BCUT2D eigenvalue weighted by Gasteiger charge is -2.39. The predicted molar refractivity (Wildman–Crippen MR) is 84.4 cm³/mol. The Labute approximate surface area is 131 Å². The van der Waals surface area contributed by atoms with Gasteiger partial charge in [0.05, 0.1) is 13.2 Å². The third kappa shape index (κ3) is 2.41. The van der Waals surface area contributed by atoms with Crippen LogP contribution in [0.25, 0.3) is 6.08 Å². The van der Waals surface area contributed by atoms with Gasteiger partial charge in [-0.3, -0.25) is 4.79 Å². The molecule has 3 rings (SSSR count). The second-order valence-corrected chi connectivity index (χ2v) is 6.15. The molecule has 4 nitrogen and oxygen atoms in total. The average molecular weight is 302 g/mol. The molecular formula is C18H22O4. The fourth-order valence-corrected chi connectivity index (χ4v) is 3.20. The Hall–Kier alpha value is -1.81. The smallest absolute Gasteiger partial charge is 0.308 e. The van der Waals surface area contributed by atoms with Crippen LogP contribution in [0.3, 0.4) is 0 Å². The van der Waals surface area contributed by atoms with E-state index in [4.69, 9.17) is 14.2 Å². The summed E-state index contributed by atoms with van der Waals surface area (Å²) >= 11 is 0. The highest BCUT2D eigenvalue weighted by molar-refractivity contribution is 5.76. The summed E-state index contributed by atoms with van der Waals surface area (Å²) in [5.74, 6) is 1.27. The molecule has 4 heteroatoms. The number of esters is 1. The number of hydrogen-bond acceptors (Lipinski definition) is 4. The lowest BCUT2D eigenvalue weighted by molar-refractivity contribution is -0.132. The van der Waals surface area contributed by atoms with Crippen molar-refractivity contribution < 1.29 is 19.0 Å². The van der Waals surface area contributed by atoms with Crippen molar-refractivity contribution >= 4 is 12.0 Å². The van der Waals surface area contributed by atoms with Crippen LogP contribution in [0.15, 0.2) is 6.08 Å². The summed E-state index contributed by atoms with van der Waals surface area (Å²) in [6.07, 6.45) is 5.98. The molecule has 0 aliphatic carbocycles. The van der Waals surface area contributed by atoms with Crippen molar-refractivity contribution in [1.29, 1.82) is 0 Å². The quantitative estimate of drug-likeness (QED) is 0.588. The van der Waals surface area contributed by atoms with E-state index in [2.05, 4.69) is 12.2 Å². The fourth-order valence-electron chi connectivity index (χ4n) is 3.20. The van der Waals surface area contributed by atoms with Gasteiger partial charge in [-0.15, -0.1) is 0 Å². The van der Waals surface area contributed by atoms with Gasteiger partial charge in [0.15, 0.2) is 0 Å². The molecule has 2 aliphatic rings. The van der Waals surface area contributed by atoms with Crippen molar-refractivity contribution in [3.63, 3.8) is 0 Å². The third-order valence-corrected chi connectivity index (χ3v) is 4.68. The van der Waals surface area contributed by atoms with Gasteiger partial charge in [0, 0.05) is 30.9 Å². The molecule has 0 atom stereocenters. The van der Waals surface area contributed by atoms with Gasteiger partial charge in [0.1, 0.15) is 17.1 Å². The molecule has 1 aromatic rings. The second kappa shape index (κ2) is 5.43. The molecule has 1 aromatic carbocycles. The molecule has 1 spiro atoms. The third-order valence-electron chi connectivity index (χ3n) is 4.68. The molecule has 0 amide bonds. The molecule has 1 saturated heterocycles. The van der Waals surface area contributed by atoms with Crippen molar-refractivity contribution in [2.45, 2.75) is 46.1 Å². The monoisotopic (exact) mass is 302 g/mol. The van der Waals surface area contributed by atoms with Crippen LogP contribution in [0.4, 0.5) is 0 Å². The van der Waals surface area contributed by atoms with Gasteiger partial charge in [-0.25, -0.2) is 0 Å². The molecule has 0 saturated carbocycles. The standard InChI is InChI=1S/C18H22O4/c1-11-12(2)17-15(13(3)16(11)21-14(4)19)5-6-18(22-17)7-9-20-10-8-18/h5-6H,7-10H2,1-4H3. The molecule has 0 bridgehead atoms. The Morgan fingerprint density at radius 1 is 1.14 bits per heavy atom. The van der Waals surface area contributed by atoms with Crippen molar-refractivity contribution in [2.75, 3.05) is 13.2 Å². The van der Waals surface area contributed by atoms with Crippen LogP contribution in [0.1, 0.15) is 42.0 Å². The molecule has 1 fully saturated rings. The van der Waals surface area contributed by atoms with Gasteiger partial charge in [0.25, 0.3) is 0 Å². The van der Waals surface area contributed by atoms with E-state index >= 15 is 0 Å². The highest BCUT2D eigenvalue weighted by Gasteiger charge is 2.36. The summed E-state index contributed by atoms with van der Waals surface area (Å²) in [5, 5.41) is 0. The van der Waals surface area contributed by atoms with E-state index in [9.17, 15) is 4.79 Å². The first-order chi connectivity index (χ1) is 10.4. The number of benzene rings is 1. The van der Waals surface area contributed by atoms with Crippen LogP contribution in [0, 0.1) is 20.8 Å². The van der Waals surface area contributed by atoms with Crippen molar-refractivity contribution in [1.82, 2.24) is 0 Å². The number of fused-ring (bicyclic) bond motifs is 1. The number of carbonyl (C=O) groups excluding carboxylic acids is 1. The maximum Gasteiger partial charge on any atom is 0.308 e. The summed E-state index contributed by atoms with van der Waals surface area (Å²) in [7, 11) is 0. The number of carbonyl (C=O) groups is 1.